The molecule has 0 aliphatic heterocycles. The van der Waals surface area contributed by atoms with E-state index in [-0.39, 0.29) is 11.2 Å². The number of carbonyl (C=O) groups excluding carboxylic acids is 1. The largest absolute Gasteiger partial charge is 0.381 e. The molecule has 0 saturated heterocycles. The van der Waals surface area contributed by atoms with Gasteiger partial charge in [0.1, 0.15) is 6.10 Å². The molecule has 3 saturated carbocycles. The predicted molar refractivity (Wildman–Crippen MR) is 81.6 cm³/mol. The molecule has 5 atom stereocenters. The highest BCUT2D eigenvalue weighted by molar-refractivity contribution is 5.84. The average Bonchev–Trinajstić information content (AvgIpc) is 2.67. The summed E-state index contributed by atoms with van der Waals surface area (Å²) in [6, 6.07) is 9.39. The molecule has 1 N–H and O–H groups in total. The number of fused-ring (bicyclic) bond motifs is 2. The molecule has 2 heteroatoms. The van der Waals surface area contributed by atoms with Crippen LogP contribution in [0.1, 0.15) is 56.6 Å². The molecule has 5 unspecified atom stereocenters. The maximum Gasteiger partial charge on any atom is 0.166 e. The Kier molecular flexibility index (Phi) is 3.18. The van der Waals surface area contributed by atoms with Gasteiger partial charge < -0.3 is 5.11 Å². The van der Waals surface area contributed by atoms with Gasteiger partial charge in [-0.3, -0.25) is 4.79 Å². The Hall–Kier alpha value is -1.15. The third kappa shape index (κ3) is 2.24. The minimum Gasteiger partial charge on any atom is -0.381 e. The second-order valence-electron chi connectivity index (χ2n) is 7.70. The van der Waals surface area contributed by atoms with Crippen LogP contribution in [0.5, 0.6) is 0 Å². The van der Waals surface area contributed by atoms with Crippen LogP contribution < -0.4 is 0 Å². The van der Waals surface area contributed by atoms with Crippen molar-refractivity contribution in [3.8, 4) is 0 Å². The lowest BCUT2D eigenvalue weighted by atomic mass is 9.62. The summed E-state index contributed by atoms with van der Waals surface area (Å²) in [6.45, 7) is 0. The lowest BCUT2D eigenvalue weighted by Gasteiger charge is -2.42. The fourth-order valence-electron chi connectivity index (χ4n) is 5.58. The standard InChI is InChI=1S/C19H24O2/c20-17(18(21)15-4-2-1-3-5-15)12-19-7-6-13-8-14(11-19)10-16(19)9-13/h1-5,13-14,16,18,21H,6-12H2. The summed E-state index contributed by atoms with van der Waals surface area (Å²) in [6.07, 6.45) is 7.50. The first-order valence-electron chi connectivity index (χ1n) is 8.42. The lowest BCUT2D eigenvalue weighted by molar-refractivity contribution is -0.131. The first kappa shape index (κ1) is 13.5. The molecular formula is C19H24O2. The number of rotatable bonds is 4. The molecule has 3 bridgehead atoms. The average molecular weight is 284 g/mol. The zero-order chi connectivity index (χ0) is 14.4. The number of carbonyl (C=O) groups is 1. The molecule has 3 fully saturated rings. The minimum absolute atomic E-state index is 0.0344. The summed E-state index contributed by atoms with van der Waals surface area (Å²) in [5.74, 6) is 2.57. The Morgan fingerprint density at radius 2 is 1.95 bits per heavy atom. The van der Waals surface area contributed by atoms with E-state index in [4.69, 9.17) is 0 Å². The van der Waals surface area contributed by atoms with Crippen LogP contribution in [0, 0.1) is 23.2 Å². The van der Waals surface area contributed by atoms with Crippen molar-refractivity contribution in [1.82, 2.24) is 0 Å². The first-order valence-corrected chi connectivity index (χ1v) is 8.42. The van der Waals surface area contributed by atoms with Crippen LogP contribution in [-0.2, 0) is 4.79 Å². The molecule has 0 spiro atoms. The van der Waals surface area contributed by atoms with Crippen molar-refractivity contribution < 1.29 is 9.90 Å². The molecule has 0 heterocycles. The van der Waals surface area contributed by atoms with Crippen LogP contribution in [0.15, 0.2) is 30.3 Å². The molecule has 1 aromatic rings. The molecule has 112 valence electrons. The summed E-state index contributed by atoms with van der Waals surface area (Å²) < 4.78 is 0. The number of hydrogen-bond donors (Lipinski definition) is 1. The summed E-state index contributed by atoms with van der Waals surface area (Å²) in [4.78, 5) is 12.6. The SMILES string of the molecule is O=C(CC12CCC3CC(CC1C3)C2)C(O)c1ccccc1. The molecule has 21 heavy (non-hydrogen) atoms. The van der Waals surface area contributed by atoms with Crippen LogP contribution in [0.25, 0.3) is 0 Å². The van der Waals surface area contributed by atoms with E-state index in [0.29, 0.717) is 6.42 Å². The predicted octanol–water partition coefficient (Wildman–Crippen LogP) is 3.90. The van der Waals surface area contributed by atoms with Crippen LogP contribution in [0.4, 0.5) is 0 Å². The van der Waals surface area contributed by atoms with Gasteiger partial charge in [0, 0.05) is 6.42 Å². The second-order valence-corrected chi connectivity index (χ2v) is 7.70. The van der Waals surface area contributed by atoms with Gasteiger partial charge in [-0.05, 0) is 67.3 Å². The van der Waals surface area contributed by atoms with Crippen LogP contribution in [-0.4, -0.2) is 10.9 Å². The van der Waals surface area contributed by atoms with Gasteiger partial charge in [-0.1, -0.05) is 30.3 Å². The van der Waals surface area contributed by atoms with Crippen molar-refractivity contribution in [2.24, 2.45) is 23.2 Å². The molecule has 4 rings (SSSR count). The summed E-state index contributed by atoms with van der Waals surface area (Å²) >= 11 is 0. The molecular weight excluding hydrogens is 260 g/mol. The van der Waals surface area contributed by atoms with E-state index in [0.717, 1.165) is 23.3 Å². The molecule has 3 aliphatic carbocycles. The van der Waals surface area contributed by atoms with Crippen molar-refractivity contribution in [3.63, 3.8) is 0 Å². The van der Waals surface area contributed by atoms with Crippen LogP contribution in [0.3, 0.4) is 0 Å². The molecule has 2 nitrogen and oxygen atoms in total. The van der Waals surface area contributed by atoms with Crippen molar-refractivity contribution in [2.75, 3.05) is 0 Å². The van der Waals surface area contributed by atoms with E-state index in [9.17, 15) is 9.90 Å². The van der Waals surface area contributed by atoms with Crippen molar-refractivity contribution in [3.05, 3.63) is 35.9 Å². The topological polar surface area (TPSA) is 37.3 Å². The zero-order valence-corrected chi connectivity index (χ0v) is 12.5. The number of aliphatic hydroxyl groups excluding tert-OH is 1. The number of benzene rings is 1. The van der Waals surface area contributed by atoms with Gasteiger partial charge >= 0.3 is 0 Å². The highest BCUT2D eigenvalue weighted by atomic mass is 16.3. The molecule has 0 radical (unpaired) electrons. The van der Waals surface area contributed by atoms with E-state index in [1.807, 2.05) is 30.3 Å². The number of Topliss-reactive ketones (excluding diaryl/α,β-unsaturated/α-hetero) is 1. The Labute approximate surface area is 126 Å². The van der Waals surface area contributed by atoms with Crippen molar-refractivity contribution in [2.45, 2.75) is 51.0 Å². The zero-order valence-electron chi connectivity index (χ0n) is 12.5. The normalized spacial score (nSPS) is 38.4. The fraction of sp³-hybridized carbons (Fsp3) is 0.632. The number of ketones is 1. The van der Waals surface area contributed by atoms with Gasteiger partial charge in [-0.15, -0.1) is 0 Å². The number of aliphatic hydroxyl groups is 1. The van der Waals surface area contributed by atoms with Gasteiger partial charge in [-0.2, -0.15) is 0 Å². The monoisotopic (exact) mass is 284 g/mol. The minimum atomic E-state index is -0.932. The Bertz CT molecular complexity index is 538. The molecule has 3 aliphatic rings. The van der Waals surface area contributed by atoms with Crippen molar-refractivity contribution in [1.29, 1.82) is 0 Å². The van der Waals surface area contributed by atoms with E-state index in [1.165, 1.54) is 38.5 Å². The van der Waals surface area contributed by atoms with Gasteiger partial charge in [0.25, 0.3) is 0 Å². The van der Waals surface area contributed by atoms with Crippen LogP contribution in [0.2, 0.25) is 0 Å². The van der Waals surface area contributed by atoms with E-state index in [2.05, 4.69) is 0 Å². The van der Waals surface area contributed by atoms with Gasteiger partial charge in [0.15, 0.2) is 5.78 Å². The maximum absolute atomic E-state index is 12.6. The summed E-state index contributed by atoms with van der Waals surface area (Å²) in [5.41, 5.74) is 0.971. The van der Waals surface area contributed by atoms with Gasteiger partial charge in [0.05, 0.1) is 0 Å². The highest BCUT2D eigenvalue weighted by Gasteiger charge is 2.54. The third-order valence-corrected chi connectivity index (χ3v) is 6.46. The molecule has 1 aromatic carbocycles. The first-order chi connectivity index (χ1) is 10.2. The number of hydrogen-bond acceptors (Lipinski definition) is 2. The highest BCUT2D eigenvalue weighted by Crippen LogP contribution is 2.63. The van der Waals surface area contributed by atoms with Gasteiger partial charge in [0.2, 0.25) is 0 Å². The fourth-order valence-corrected chi connectivity index (χ4v) is 5.58. The Morgan fingerprint density at radius 1 is 1.19 bits per heavy atom. The smallest absolute Gasteiger partial charge is 0.166 e. The third-order valence-electron chi connectivity index (χ3n) is 6.46. The lowest BCUT2D eigenvalue weighted by Crippen LogP contribution is -2.35. The molecule has 0 amide bonds. The molecule has 0 aromatic heterocycles. The quantitative estimate of drug-likeness (QED) is 0.910. The van der Waals surface area contributed by atoms with Gasteiger partial charge in [-0.25, -0.2) is 0 Å². The van der Waals surface area contributed by atoms with Crippen molar-refractivity contribution >= 4 is 5.78 Å². The Morgan fingerprint density at radius 3 is 2.76 bits per heavy atom. The maximum atomic E-state index is 12.6. The van der Waals surface area contributed by atoms with Crippen LogP contribution >= 0.6 is 0 Å². The Balaban J connectivity index is 1.52. The second kappa shape index (κ2) is 4.95. The van der Waals surface area contributed by atoms with E-state index < -0.39 is 6.10 Å². The summed E-state index contributed by atoms with van der Waals surface area (Å²) in [7, 11) is 0. The summed E-state index contributed by atoms with van der Waals surface area (Å²) in [5, 5.41) is 10.4. The van der Waals surface area contributed by atoms with E-state index >= 15 is 0 Å². The van der Waals surface area contributed by atoms with E-state index in [1.54, 1.807) is 0 Å².